The Hall–Kier alpha value is -1.70. The van der Waals surface area contributed by atoms with E-state index in [-0.39, 0.29) is 0 Å². The molecule has 0 unspecified atom stereocenters. The number of aromatic nitrogens is 2. The standard InChI is InChI=1S/C18H26N2/c1-15-7-11-19(12-8-15)17(3)5-6-18(4)20-13-9-16(2)10-14-20/h7-14,17-18H,5-6H2,1-4H3/q+2/t17-,18-/m1/s1. The van der Waals surface area contributed by atoms with Gasteiger partial charge in [0.25, 0.3) is 0 Å². The van der Waals surface area contributed by atoms with Crippen molar-refractivity contribution >= 4 is 0 Å². The molecule has 2 heterocycles. The van der Waals surface area contributed by atoms with Gasteiger partial charge in [0.1, 0.15) is 0 Å². The molecule has 2 aromatic heterocycles. The molecule has 0 N–H and O–H groups in total. The molecule has 0 aliphatic rings. The Kier molecular flexibility index (Phi) is 4.89. The average Bonchev–Trinajstić information content (AvgIpc) is 2.46. The fraction of sp³-hybridized carbons (Fsp3) is 0.444. The number of nitrogens with zero attached hydrogens (tertiary/aromatic N) is 2. The minimum Gasteiger partial charge on any atom is -0.203 e. The highest BCUT2D eigenvalue weighted by atomic mass is 15.0. The van der Waals surface area contributed by atoms with Crippen molar-refractivity contribution < 1.29 is 9.13 Å². The highest BCUT2D eigenvalue weighted by Crippen LogP contribution is 2.12. The van der Waals surface area contributed by atoms with Gasteiger partial charge in [-0.3, -0.25) is 0 Å². The monoisotopic (exact) mass is 270 g/mol. The maximum Gasteiger partial charge on any atom is 0.169 e. The predicted molar refractivity (Wildman–Crippen MR) is 81.4 cm³/mol. The van der Waals surface area contributed by atoms with Crippen molar-refractivity contribution in [1.29, 1.82) is 0 Å². The van der Waals surface area contributed by atoms with Gasteiger partial charge in [-0.25, -0.2) is 9.13 Å². The van der Waals surface area contributed by atoms with Crippen LogP contribution >= 0.6 is 0 Å². The molecule has 2 rings (SSSR count). The van der Waals surface area contributed by atoms with E-state index in [1.165, 1.54) is 24.0 Å². The fourth-order valence-electron chi connectivity index (χ4n) is 2.39. The molecule has 0 bridgehead atoms. The minimum atomic E-state index is 0.545. The summed E-state index contributed by atoms with van der Waals surface area (Å²) in [5, 5.41) is 0. The number of aryl methyl sites for hydroxylation is 2. The van der Waals surface area contributed by atoms with Crippen LogP contribution in [0, 0.1) is 13.8 Å². The van der Waals surface area contributed by atoms with Crippen LogP contribution in [-0.2, 0) is 0 Å². The largest absolute Gasteiger partial charge is 0.203 e. The lowest BCUT2D eigenvalue weighted by atomic mass is 10.1. The molecule has 0 saturated carbocycles. The maximum atomic E-state index is 2.31. The lowest BCUT2D eigenvalue weighted by Crippen LogP contribution is -2.40. The van der Waals surface area contributed by atoms with Crippen molar-refractivity contribution in [3.05, 3.63) is 60.2 Å². The lowest BCUT2D eigenvalue weighted by Gasteiger charge is -2.10. The van der Waals surface area contributed by atoms with Crippen molar-refractivity contribution in [3.8, 4) is 0 Å². The molecule has 106 valence electrons. The average molecular weight is 270 g/mol. The van der Waals surface area contributed by atoms with Crippen molar-refractivity contribution in [3.63, 3.8) is 0 Å². The molecular weight excluding hydrogens is 244 g/mol. The Morgan fingerprint density at radius 1 is 0.700 bits per heavy atom. The number of pyridine rings is 2. The fourth-order valence-corrected chi connectivity index (χ4v) is 2.39. The molecule has 2 nitrogen and oxygen atoms in total. The molecule has 0 aliphatic heterocycles. The topological polar surface area (TPSA) is 7.76 Å². The maximum absolute atomic E-state index is 2.31. The molecule has 0 fully saturated rings. The van der Waals surface area contributed by atoms with E-state index in [0.29, 0.717) is 12.1 Å². The summed E-state index contributed by atoms with van der Waals surface area (Å²) in [4.78, 5) is 0. The van der Waals surface area contributed by atoms with Crippen molar-refractivity contribution in [1.82, 2.24) is 0 Å². The van der Waals surface area contributed by atoms with E-state index in [2.05, 4.69) is 85.9 Å². The molecule has 2 heteroatoms. The van der Waals surface area contributed by atoms with E-state index in [9.17, 15) is 0 Å². The molecule has 2 aromatic rings. The first-order valence-electron chi connectivity index (χ1n) is 7.51. The number of rotatable bonds is 5. The van der Waals surface area contributed by atoms with E-state index >= 15 is 0 Å². The summed E-state index contributed by atoms with van der Waals surface area (Å²) >= 11 is 0. The molecule has 20 heavy (non-hydrogen) atoms. The zero-order valence-electron chi connectivity index (χ0n) is 13.1. The van der Waals surface area contributed by atoms with Gasteiger partial charge in [-0.05, 0) is 38.8 Å². The molecule has 0 aliphatic carbocycles. The Bertz CT molecular complexity index is 477. The van der Waals surface area contributed by atoms with Gasteiger partial charge in [0, 0.05) is 37.1 Å². The van der Waals surface area contributed by atoms with Crippen LogP contribution in [0.3, 0.4) is 0 Å². The Morgan fingerprint density at radius 2 is 1.00 bits per heavy atom. The second kappa shape index (κ2) is 6.65. The molecular formula is C18H26N2+2. The van der Waals surface area contributed by atoms with Gasteiger partial charge in [-0.1, -0.05) is 0 Å². The Balaban J connectivity index is 1.91. The summed E-state index contributed by atoms with van der Waals surface area (Å²) in [6.07, 6.45) is 11.1. The summed E-state index contributed by atoms with van der Waals surface area (Å²) in [7, 11) is 0. The smallest absolute Gasteiger partial charge is 0.169 e. The van der Waals surface area contributed by atoms with Crippen LogP contribution < -0.4 is 9.13 Å². The van der Waals surface area contributed by atoms with Gasteiger partial charge in [-0.15, -0.1) is 0 Å². The summed E-state index contributed by atoms with van der Waals surface area (Å²) in [6, 6.07) is 9.79. The first-order chi connectivity index (χ1) is 9.56. The van der Waals surface area contributed by atoms with Crippen molar-refractivity contribution in [2.75, 3.05) is 0 Å². The molecule has 0 radical (unpaired) electrons. The van der Waals surface area contributed by atoms with Gasteiger partial charge >= 0.3 is 0 Å². The van der Waals surface area contributed by atoms with E-state index in [0.717, 1.165) is 0 Å². The zero-order valence-corrected chi connectivity index (χ0v) is 13.1. The molecule has 2 atom stereocenters. The van der Waals surface area contributed by atoms with Gasteiger partial charge in [0.05, 0.1) is 0 Å². The van der Waals surface area contributed by atoms with Gasteiger partial charge < -0.3 is 0 Å². The SMILES string of the molecule is Cc1cc[n+]([C@H](C)CC[C@@H](C)[n+]2ccc(C)cc2)cc1. The van der Waals surface area contributed by atoms with Gasteiger partial charge in [0.2, 0.25) is 0 Å². The molecule has 0 saturated heterocycles. The van der Waals surface area contributed by atoms with E-state index in [1.807, 2.05) is 0 Å². The quantitative estimate of drug-likeness (QED) is 0.735. The Morgan fingerprint density at radius 3 is 1.30 bits per heavy atom. The highest BCUT2D eigenvalue weighted by Gasteiger charge is 2.17. The van der Waals surface area contributed by atoms with Crippen LogP contribution in [0.4, 0.5) is 0 Å². The number of hydrogen-bond acceptors (Lipinski definition) is 0. The van der Waals surface area contributed by atoms with Crippen LogP contribution in [-0.4, -0.2) is 0 Å². The zero-order chi connectivity index (χ0) is 14.5. The third-order valence-corrected chi connectivity index (χ3v) is 4.06. The normalized spacial score (nSPS) is 14.0. The van der Waals surface area contributed by atoms with Crippen LogP contribution in [0.25, 0.3) is 0 Å². The van der Waals surface area contributed by atoms with Crippen LogP contribution in [0.2, 0.25) is 0 Å². The summed E-state index contributed by atoms with van der Waals surface area (Å²) in [6.45, 7) is 8.85. The highest BCUT2D eigenvalue weighted by molar-refractivity contribution is 5.03. The van der Waals surface area contributed by atoms with Crippen LogP contribution in [0.5, 0.6) is 0 Å². The summed E-state index contributed by atoms with van der Waals surface area (Å²) < 4.78 is 4.61. The lowest BCUT2D eigenvalue weighted by molar-refractivity contribution is -0.732. The van der Waals surface area contributed by atoms with E-state index in [1.54, 1.807) is 0 Å². The van der Waals surface area contributed by atoms with Gasteiger partial charge in [0.15, 0.2) is 36.9 Å². The van der Waals surface area contributed by atoms with E-state index < -0.39 is 0 Å². The molecule has 0 amide bonds. The third kappa shape index (κ3) is 3.89. The van der Waals surface area contributed by atoms with Gasteiger partial charge in [-0.2, -0.15) is 0 Å². The van der Waals surface area contributed by atoms with Crippen molar-refractivity contribution in [2.24, 2.45) is 0 Å². The summed E-state index contributed by atoms with van der Waals surface area (Å²) in [5.74, 6) is 0. The van der Waals surface area contributed by atoms with Crippen LogP contribution in [0.15, 0.2) is 49.1 Å². The molecule has 0 spiro atoms. The summed E-state index contributed by atoms with van der Waals surface area (Å²) in [5.41, 5.74) is 2.63. The molecule has 0 aromatic carbocycles. The predicted octanol–water partition coefficient (Wildman–Crippen LogP) is 3.48. The minimum absolute atomic E-state index is 0.545. The first-order valence-corrected chi connectivity index (χ1v) is 7.51. The van der Waals surface area contributed by atoms with E-state index in [4.69, 9.17) is 0 Å². The second-order valence-corrected chi connectivity index (χ2v) is 5.92. The van der Waals surface area contributed by atoms with Crippen LogP contribution in [0.1, 0.15) is 49.9 Å². The number of hydrogen-bond donors (Lipinski definition) is 0. The Labute approximate surface area is 122 Å². The van der Waals surface area contributed by atoms with Crippen molar-refractivity contribution in [2.45, 2.75) is 52.6 Å². The third-order valence-electron chi connectivity index (χ3n) is 4.06. The first kappa shape index (κ1) is 14.7. The second-order valence-electron chi connectivity index (χ2n) is 5.92.